The summed E-state index contributed by atoms with van der Waals surface area (Å²) in [5.74, 6) is 0.580. The minimum atomic E-state index is -0.366. The standard InChI is InChI=1S/C29H42O3/c1-9-11-13-20-17-22(18-21(26(20)30)14-12-10-2)27(31)32-25-16-15-23(28(3,4)5)19-24(25)29(6,7)8/h15-19,30H,9-14H2,1-8H3. The minimum Gasteiger partial charge on any atom is -0.507 e. The van der Waals surface area contributed by atoms with Crippen molar-refractivity contribution in [3.8, 4) is 11.5 Å². The van der Waals surface area contributed by atoms with Crippen LogP contribution >= 0.6 is 0 Å². The quantitative estimate of drug-likeness (QED) is 0.337. The van der Waals surface area contributed by atoms with Crippen molar-refractivity contribution in [2.24, 2.45) is 0 Å². The summed E-state index contributed by atoms with van der Waals surface area (Å²) < 4.78 is 5.96. The summed E-state index contributed by atoms with van der Waals surface area (Å²) in [7, 11) is 0. The second-order valence-electron chi connectivity index (χ2n) is 11.0. The summed E-state index contributed by atoms with van der Waals surface area (Å²) in [6.45, 7) is 17.2. The number of aromatic hydroxyl groups is 1. The molecule has 0 unspecified atom stereocenters. The van der Waals surface area contributed by atoms with E-state index in [0.717, 1.165) is 55.2 Å². The van der Waals surface area contributed by atoms with Crippen LogP contribution in [0.15, 0.2) is 30.3 Å². The first kappa shape index (κ1) is 26.0. The third kappa shape index (κ3) is 6.60. The number of unbranched alkanes of at least 4 members (excludes halogenated alkanes) is 2. The SMILES string of the molecule is CCCCc1cc(C(=O)Oc2ccc(C(C)(C)C)cc2C(C)(C)C)cc(CCCC)c1O. The average molecular weight is 439 g/mol. The van der Waals surface area contributed by atoms with Crippen molar-refractivity contribution < 1.29 is 14.6 Å². The molecule has 0 aromatic heterocycles. The van der Waals surface area contributed by atoms with E-state index in [1.165, 1.54) is 5.56 Å². The van der Waals surface area contributed by atoms with Crippen LogP contribution in [0.25, 0.3) is 0 Å². The second-order valence-corrected chi connectivity index (χ2v) is 11.0. The van der Waals surface area contributed by atoms with Gasteiger partial charge in [0, 0.05) is 5.56 Å². The van der Waals surface area contributed by atoms with Gasteiger partial charge in [-0.3, -0.25) is 0 Å². The summed E-state index contributed by atoms with van der Waals surface area (Å²) >= 11 is 0. The molecule has 0 spiro atoms. The lowest BCUT2D eigenvalue weighted by Gasteiger charge is -2.27. The van der Waals surface area contributed by atoms with Crippen LogP contribution in [0.2, 0.25) is 0 Å². The molecule has 32 heavy (non-hydrogen) atoms. The number of aryl methyl sites for hydroxylation is 2. The van der Waals surface area contributed by atoms with Crippen LogP contribution in [-0.2, 0) is 23.7 Å². The maximum atomic E-state index is 13.2. The summed E-state index contributed by atoms with van der Waals surface area (Å²) in [6.07, 6.45) is 5.54. The molecule has 0 heterocycles. The molecule has 3 nitrogen and oxygen atoms in total. The molecule has 0 saturated carbocycles. The zero-order valence-electron chi connectivity index (χ0n) is 21.4. The summed E-state index contributed by atoms with van der Waals surface area (Å²) in [6, 6.07) is 9.76. The lowest BCUT2D eigenvalue weighted by Crippen LogP contribution is -2.19. The first-order chi connectivity index (χ1) is 14.9. The van der Waals surface area contributed by atoms with Crippen LogP contribution in [0.5, 0.6) is 11.5 Å². The van der Waals surface area contributed by atoms with Crippen LogP contribution in [0.1, 0.15) is 114 Å². The van der Waals surface area contributed by atoms with E-state index < -0.39 is 0 Å². The van der Waals surface area contributed by atoms with Gasteiger partial charge < -0.3 is 9.84 Å². The predicted molar refractivity (Wildman–Crippen MR) is 134 cm³/mol. The molecular weight excluding hydrogens is 396 g/mol. The maximum absolute atomic E-state index is 13.2. The predicted octanol–water partition coefficient (Wildman–Crippen LogP) is 7.89. The molecule has 1 N–H and O–H groups in total. The van der Waals surface area contributed by atoms with Gasteiger partial charge in [0.1, 0.15) is 11.5 Å². The summed E-state index contributed by atoms with van der Waals surface area (Å²) in [5, 5.41) is 10.7. The number of carbonyl (C=O) groups excluding carboxylic acids is 1. The van der Waals surface area contributed by atoms with Crippen molar-refractivity contribution in [2.75, 3.05) is 0 Å². The van der Waals surface area contributed by atoms with E-state index >= 15 is 0 Å². The van der Waals surface area contributed by atoms with Crippen molar-refractivity contribution in [3.63, 3.8) is 0 Å². The zero-order valence-corrected chi connectivity index (χ0v) is 21.4. The number of hydrogen-bond acceptors (Lipinski definition) is 3. The van der Waals surface area contributed by atoms with E-state index in [2.05, 4.69) is 61.5 Å². The van der Waals surface area contributed by atoms with Crippen molar-refractivity contribution in [2.45, 2.75) is 105 Å². The first-order valence-electron chi connectivity index (χ1n) is 12.1. The number of phenolic OH excluding ortho intramolecular Hbond substituents is 1. The minimum absolute atomic E-state index is 0.0157. The van der Waals surface area contributed by atoms with Gasteiger partial charge >= 0.3 is 5.97 Å². The molecule has 0 fully saturated rings. The Hall–Kier alpha value is -2.29. The maximum Gasteiger partial charge on any atom is 0.343 e. The fourth-order valence-electron chi connectivity index (χ4n) is 3.82. The van der Waals surface area contributed by atoms with Crippen molar-refractivity contribution >= 4 is 5.97 Å². The van der Waals surface area contributed by atoms with Gasteiger partial charge in [-0.05, 0) is 71.4 Å². The number of esters is 1. The highest BCUT2D eigenvalue weighted by atomic mass is 16.5. The fraction of sp³-hybridized carbons (Fsp3) is 0.552. The lowest BCUT2D eigenvalue weighted by molar-refractivity contribution is 0.0731. The molecule has 2 aromatic carbocycles. The van der Waals surface area contributed by atoms with Crippen molar-refractivity contribution in [3.05, 3.63) is 58.1 Å². The molecule has 0 aliphatic heterocycles. The van der Waals surface area contributed by atoms with Crippen molar-refractivity contribution in [1.29, 1.82) is 0 Å². The van der Waals surface area contributed by atoms with Crippen LogP contribution in [0, 0.1) is 0 Å². The normalized spacial score (nSPS) is 12.1. The van der Waals surface area contributed by atoms with Crippen LogP contribution in [0.4, 0.5) is 0 Å². The molecule has 0 aliphatic rings. The van der Waals surface area contributed by atoms with E-state index in [1.54, 1.807) is 0 Å². The van der Waals surface area contributed by atoms with Gasteiger partial charge in [-0.2, -0.15) is 0 Å². The molecule has 0 atom stereocenters. The highest BCUT2D eigenvalue weighted by Gasteiger charge is 2.25. The Bertz CT molecular complexity index is 897. The molecule has 0 bridgehead atoms. The summed E-state index contributed by atoms with van der Waals surface area (Å²) in [5.41, 5.74) is 4.29. The van der Waals surface area contributed by atoms with Gasteiger partial charge in [0.05, 0.1) is 5.56 Å². The number of rotatable bonds is 8. The Kier molecular flexibility index (Phi) is 8.56. The zero-order chi connectivity index (χ0) is 24.1. The molecule has 3 heteroatoms. The number of phenols is 1. The first-order valence-corrected chi connectivity index (χ1v) is 12.1. The number of hydrogen-bond donors (Lipinski definition) is 1. The summed E-state index contributed by atoms with van der Waals surface area (Å²) in [4.78, 5) is 13.2. The Morgan fingerprint density at radius 2 is 1.38 bits per heavy atom. The molecule has 0 aliphatic carbocycles. The Morgan fingerprint density at radius 3 is 1.81 bits per heavy atom. The highest BCUT2D eigenvalue weighted by molar-refractivity contribution is 5.92. The Labute approximate surface area is 195 Å². The van der Waals surface area contributed by atoms with Gasteiger partial charge in [0.15, 0.2) is 0 Å². The topological polar surface area (TPSA) is 46.5 Å². The average Bonchev–Trinajstić information content (AvgIpc) is 2.70. The third-order valence-electron chi connectivity index (χ3n) is 5.96. The third-order valence-corrected chi connectivity index (χ3v) is 5.96. The van der Waals surface area contributed by atoms with Crippen LogP contribution in [0.3, 0.4) is 0 Å². The highest BCUT2D eigenvalue weighted by Crippen LogP contribution is 2.36. The van der Waals surface area contributed by atoms with Gasteiger partial charge in [0.25, 0.3) is 0 Å². The van der Waals surface area contributed by atoms with Crippen LogP contribution in [-0.4, -0.2) is 11.1 Å². The largest absolute Gasteiger partial charge is 0.507 e. The molecule has 2 aromatic rings. The lowest BCUT2D eigenvalue weighted by atomic mass is 9.80. The van der Waals surface area contributed by atoms with E-state index in [-0.39, 0.29) is 16.8 Å². The number of carbonyl (C=O) groups is 1. The molecule has 0 amide bonds. The van der Waals surface area contributed by atoms with Gasteiger partial charge in [-0.15, -0.1) is 0 Å². The van der Waals surface area contributed by atoms with Gasteiger partial charge in [-0.1, -0.05) is 80.4 Å². The monoisotopic (exact) mass is 438 g/mol. The number of ether oxygens (including phenoxy) is 1. The smallest absolute Gasteiger partial charge is 0.343 e. The molecule has 2 rings (SSSR count). The van der Waals surface area contributed by atoms with Crippen LogP contribution < -0.4 is 4.74 Å². The van der Waals surface area contributed by atoms with E-state index in [0.29, 0.717) is 17.1 Å². The van der Waals surface area contributed by atoms with Crippen molar-refractivity contribution in [1.82, 2.24) is 0 Å². The van der Waals surface area contributed by atoms with Gasteiger partial charge in [0.2, 0.25) is 0 Å². The molecule has 0 saturated heterocycles. The molecule has 176 valence electrons. The van der Waals surface area contributed by atoms with Gasteiger partial charge in [-0.25, -0.2) is 4.79 Å². The second kappa shape index (κ2) is 10.6. The Balaban J connectivity index is 2.45. The van der Waals surface area contributed by atoms with E-state index in [9.17, 15) is 9.90 Å². The fourth-order valence-corrected chi connectivity index (χ4v) is 3.82. The molecule has 0 radical (unpaired) electrons. The molecular formula is C29H42O3. The number of benzene rings is 2. The van der Waals surface area contributed by atoms with E-state index in [4.69, 9.17) is 4.74 Å². The van der Waals surface area contributed by atoms with E-state index in [1.807, 2.05) is 24.3 Å². The Morgan fingerprint density at radius 1 is 0.844 bits per heavy atom.